The van der Waals surface area contributed by atoms with Crippen molar-refractivity contribution in [3.05, 3.63) is 34.4 Å². The van der Waals surface area contributed by atoms with Crippen LogP contribution in [0.15, 0.2) is 24.4 Å². The van der Waals surface area contributed by atoms with Gasteiger partial charge >= 0.3 is 0 Å². The van der Waals surface area contributed by atoms with E-state index in [2.05, 4.69) is 9.97 Å². The second-order valence-electron chi connectivity index (χ2n) is 3.16. The van der Waals surface area contributed by atoms with E-state index in [4.69, 9.17) is 34.7 Å². The highest BCUT2D eigenvalue weighted by molar-refractivity contribution is 6.34. The molecule has 0 saturated carbocycles. The van der Waals surface area contributed by atoms with Gasteiger partial charge in [-0.1, -0.05) is 29.3 Å². The van der Waals surface area contributed by atoms with Gasteiger partial charge in [0.2, 0.25) is 5.95 Å². The van der Waals surface area contributed by atoms with Crippen LogP contribution in [-0.2, 0) is 0 Å². The van der Waals surface area contributed by atoms with Crippen LogP contribution in [0.4, 0.5) is 11.6 Å². The lowest BCUT2D eigenvalue weighted by Gasteiger charge is -2.05. The van der Waals surface area contributed by atoms with Gasteiger partial charge in [0, 0.05) is 5.56 Å². The van der Waals surface area contributed by atoms with Gasteiger partial charge in [0.15, 0.2) is 0 Å². The zero-order chi connectivity index (χ0) is 11.7. The maximum absolute atomic E-state index is 5.97. The third-order valence-corrected chi connectivity index (χ3v) is 2.64. The van der Waals surface area contributed by atoms with Gasteiger partial charge in [-0.2, -0.15) is 0 Å². The Labute approximate surface area is 102 Å². The van der Waals surface area contributed by atoms with Gasteiger partial charge < -0.3 is 11.5 Å². The van der Waals surface area contributed by atoms with Crippen molar-refractivity contribution in [2.24, 2.45) is 0 Å². The topological polar surface area (TPSA) is 77.8 Å². The first kappa shape index (κ1) is 11.0. The van der Waals surface area contributed by atoms with Gasteiger partial charge in [-0.15, -0.1) is 0 Å². The molecule has 16 heavy (non-hydrogen) atoms. The summed E-state index contributed by atoms with van der Waals surface area (Å²) in [5.74, 6) is 0.160. The normalized spacial score (nSPS) is 10.4. The number of anilines is 2. The minimum absolute atomic E-state index is 0.160. The van der Waals surface area contributed by atoms with Crippen molar-refractivity contribution in [1.82, 2.24) is 9.97 Å². The highest BCUT2D eigenvalue weighted by Crippen LogP contribution is 2.30. The molecular weight excluding hydrogens is 247 g/mol. The van der Waals surface area contributed by atoms with E-state index >= 15 is 0 Å². The Kier molecular flexibility index (Phi) is 2.85. The standard InChI is InChI=1S/C10H8Cl2N4/c11-6-3-5(1-2-8(6)13)9-7(12)4-15-10(14)16-9/h1-4H,13H2,(H2,14,15,16). The number of nitrogens with zero attached hydrogens (tertiary/aromatic N) is 2. The van der Waals surface area contributed by atoms with Gasteiger partial charge in [0.05, 0.1) is 27.6 Å². The largest absolute Gasteiger partial charge is 0.398 e. The van der Waals surface area contributed by atoms with Crippen molar-refractivity contribution in [3.63, 3.8) is 0 Å². The number of aromatic nitrogens is 2. The first-order chi connectivity index (χ1) is 7.58. The Morgan fingerprint density at radius 3 is 2.50 bits per heavy atom. The number of hydrogen-bond donors (Lipinski definition) is 2. The summed E-state index contributed by atoms with van der Waals surface area (Å²) < 4.78 is 0. The molecule has 0 atom stereocenters. The molecule has 82 valence electrons. The van der Waals surface area contributed by atoms with Crippen LogP contribution in [0.25, 0.3) is 11.3 Å². The number of rotatable bonds is 1. The molecule has 0 fully saturated rings. The van der Waals surface area contributed by atoms with Gasteiger partial charge in [-0.3, -0.25) is 0 Å². The lowest BCUT2D eigenvalue weighted by Crippen LogP contribution is -1.97. The van der Waals surface area contributed by atoms with E-state index in [-0.39, 0.29) is 5.95 Å². The van der Waals surface area contributed by atoms with Crippen LogP contribution >= 0.6 is 23.2 Å². The fourth-order valence-corrected chi connectivity index (χ4v) is 1.64. The molecule has 0 aliphatic heterocycles. The number of benzene rings is 1. The molecule has 6 heteroatoms. The molecule has 0 bridgehead atoms. The summed E-state index contributed by atoms with van der Waals surface area (Å²) >= 11 is 11.9. The van der Waals surface area contributed by atoms with Crippen LogP contribution in [0.3, 0.4) is 0 Å². The third kappa shape index (κ3) is 2.03. The number of nitrogen functional groups attached to an aromatic ring is 2. The second kappa shape index (κ2) is 4.15. The minimum atomic E-state index is 0.160. The Balaban J connectivity index is 2.58. The fraction of sp³-hybridized carbons (Fsp3) is 0. The summed E-state index contributed by atoms with van der Waals surface area (Å²) in [6.07, 6.45) is 1.45. The predicted molar refractivity (Wildman–Crippen MR) is 66.3 cm³/mol. The monoisotopic (exact) mass is 254 g/mol. The van der Waals surface area contributed by atoms with E-state index < -0.39 is 0 Å². The number of nitrogens with two attached hydrogens (primary N) is 2. The van der Waals surface area contributed by atoms with Gasteiger partial charge in [0.25, 0.3) is 0 Å². The van der Waals surface area contributed by atoms with Crippen LogP contribution in [0.5, 0.6) is 0 Å². The maximum atomic E-state index is 5.97. The molecule has 2 rings (SSSR count). The lowest BCUT2D eigenvalue weighted by atomic mass is 10.1. The fourth-order valence-electron chi connectivity index (χ4n) is 1.26. The number of halogens is 2. The molecule has 4 N–H and O–H groups in total. The van der Waals surface area contributed by atoms with Gasteiger partial charge in [0.1, 0.15) is 0 Å². The average molecular weight is 255 g/mol. The van der Waals surface area contributed by atoms with Crippen molar-refractivity contribution in [2.45, 2.75) is 0 Å². The molecule has 0 amide bonds. The van der Waals surface area contributed by atoms with Crippen LogP contribution in [0, 0.1) is 0 Å². The van der Waals surface area contributed by atoms with Crippen molar-refractivity contribution >= 4 is 34.8 Å². The maximum Gasteiger partial charge on any atom is 0.220 e. The summed E-state index contributed by atoms with van der Waals surface area (Å²) in [4.78, 5) is 7.83. The molecule has 0 radical (unpaired) electrons. The van der Waals surface area contributed by atoms with E-state index in [1.54, 1.807) is 18.2 Å². The van der Waals surface area contributed by atoms with Crippen molar-refractivity contribution < 1.29 is 0 Å². The Bertz CT molecular complexity index is 542. The summed E-state index contributed by atoms with van der Waals surface area (Å²) in [6.45, 7) is 0. The number of hydrogen-bond acceptors (Lipinski definition) is 4. The van der Waals surface area contributed by atoms with Crippen molar-refractivity contribution in [1.29, 1.82) is 0 Å². The molecule has 2 aromatic rings. The van der Waals surface area contributed by atoms with Crippen LogP contribution < -0.4 is 11.5 Å². The molecule has 0 saturated heterocycles. The molecule has 1 heterocycles. The first-order valence-electron chi connectivity index (χ1n) is 4.41. The predicted octanol–water partition coefficient (Wildman–Crippen LogP) is 2.61. The van der Waals surface area contributed by atoms with Crippen molar-refractivity contribution in [2.75, 3.05) is 11.5 Å². The summed E-state index contributed by atoms with van der Waals surface area (Å²) in [7, 11) is 0. The van der Waals surface area contributed by atoms with E-state index in [1.165, 1.54) is 6.20 Å². The third-order valence-electron chi connectivity index (χ3n) is 2.04. The zero-order valence-electron chi connectivity index (χ0n) is 8.11. The molecule has 0 spiro atoms. The van der Waals surface area contributed by atoms with Gasteiger partial charge in [-0.25, -0.2) is 9.97 Å². The zero-order valence-corrected chi connectivity index (χ0v) is 9.63. The van der Waals surface area contributed by atoms with Crippen molar-refractivity contribution in [3.8, 4) is 11.3 Å². The minimum Gasteiger partial charge on any atom is -0.398 e. The van der Waals surface area contributed by atoms with Gasteiger partial charge in [-0.05, 0) is 12.1 Å². The molecule has 4 nitrogen and oxygen atoms in total. The highest BCUT2D eigenvalue weighted by Gasteiger charge is 2.08. The SMILES string of the molecule is Nc1ncc(Cl)c(-c2ccc(N)c(Cl)c2)n1. The van der Waals surface area contributed by atoms with E-state index in [0.29, 0.717) is 21.4 Å². The van der Waals surface area contributed by atoms with E-state index in [9.17, 15) is 0 Å². The van der Waals surface area contributed by atoms with Crippen LogP contribution in [0.1, 0.15) is 0 Å². The molecule has 0 unspecified atom stereocenters. The molecule has 0 aliphatic rings. The quantitative estimate of drug-likeness (QED) is 0.768. The summed E-state index contributed by atoms with van der Waals surface area (Å²) in [5, 5.41) is 0.862. The highest BCUT2D eigenvalue weighted by atomic mass is 35.5. The first-order valence-corrected chi connectivity index (χ1v) is 5.17. The molecule has 1 aromatic heterocycles. The smallest absolute Gasteiger partial charge is 0.220 e. The lowest BCUT2D eigenvalue weighted by molar-refractivity contribution is 1.19. The average Bonchev–Trinajstić information content (AvgIpc) is 2.26. The Hall–Kier alpha value is -1.52. The van der Waals surface area contributed by atoms with E-state index in [0.717, 1.165) is 5.56 Å². The second-order valence-corrected chi connectivity index (χ2v) is 3.98. The molecule has 0 aliphatic carbocycles. The molecule has 1 aromatic carbocycles. The summed E-state index contributed by atoms with van der Waals surface area (Å²) in [5.41, 5.74) is 12.9. The van der Waals surface area contributed by atoms with E-state index in [1.807, 2.05) is 0 Å². The molecular formula is C10H8Cl2N4. The summed E-state index contributed by atoms with van der Waals surface area (Å²) in [6, 6.07) is 5.14. The van der Waals surface area contributed by atoms with Crippen LogP contribution in [0.2, 0.25) is 10.0 Å². The Morgan fingerprint density at radius 1 is 1.06 bits per heavy atom. The van der Waals surface area contributed by atoms with Crippen LogP contribution in [-0.4, -0.2) is 9.97 Å². The Morgan fingerprint density at radius 2 is 1.81 bits per heavy atom.